The van der Waals surface area contributed by atoms with Crippen LogP contribution in [0.2, 0.25) is 0 Å². The minimum absolute atomic E-state index is 0.0172. The van der Waals surface area contributed by atoms with Crippen molar-refractivity contribution in [2.45, 2.75) is 20.3 Å². The Labute approximate surface area is 96.3 Å². The van der Waals surface area contributed by atoms with Crippen LogP contribution < -0.4 is 0 Å². The molecular weight excluding hydrogens is 200 g/mol. The summed E-state index contributed by atoms with van der Waals surface area (Å²) in [7, 11) is 1.72. The molecule has 0 spiro atoms. The summed E-state index contributed by atoms with van der Waals surface area (Å²) in [5, 5.41) is 8.48. The van der Waals surface area contributed by atoms with E-state index in [2.05, 4.69) is 0 Å². The molecule has 0 radical (unpaired) electrons. The number of rotatable bonds is 3. The topological polar surface area (TPSA) is 44.1 Å². The Morgan fingerprint density at radius 1 is 1.44 bits per heavy atom. The van der Waals surface area contributed by atoms with Crippen molar-refractivity contribution in [3.63, 3.8) is 0 Å². The van der Waals surface area contributed by atoms with Crippen molar-refractivity contribution in [1.82, 2.24) is 4.90 Å². The van der Waals surface area contributed by atoms with Gasteiger partial charge >= 0.3 is 0 Å². The lowest BCUT2D eigenvalue weighted by Crippen LogP contribution is -2.28. The number of aryl methyl sites for hydroxylation is 2. The Morgan fingerprint density at radius 3 is 2.75 bits per heavy atom. The van der Waals surface area contributed by atoms with Crippen LogP contribution in [0.15, 0.2) is 18.2 Å². The number of benzene rings is 1. The maximum Gasteiger partial charge on any atom is 0.253 e. The van der Waals surface area contributed by atoms with Crippen molar-refractivity contribution in [3.05, 3.63) is 34.9 Å². The van der Waals surface area contributed by atoms with E-state index in [4.69, 9.17) is 5.26 Å². The molecule has 1 aromatic rings. The van der Waals surface area contributed by atoms with Crippen LogP contribution in [-0.4, -0.2) is 24.4 Å². The predicted molar refractivity (Wildman–Crippen MR) is 63.1 cm³/mol. The Bertz CT molecular complexity index is 432. The van der Waals surface area contributed by atoms with E-state index in [-0.39, 0.29) is 5.91 Å². The molecule has 0 fully saturated rings. The Balaban J connectivity index is 2.88. The van der Waals surface area contributed by atoms with Gasteiger partial charge in [-0.25, -0.2) is 0 Å². The highest BCUT2D eigenvalue weighted by atomic mass is 16.2. The van der Waals surface area contributed by atoms with Crippen molar-refractivity contribution in [2.24, 2.45) is 0 Å². The summed E-state index contributed by atoms with van der Waals surface area (Å²) in [5.41, 5.74) is 2.77. The zero-order chi connectivity index (χ0) is 12.1. The summed E-state index contributed by atoms with van der Waals surface area (Å²) < 4.78 is 0. The van der Waals surface area contributed by atoms with E-state index in [1.807, 2.05) is 38.1 Å². The molecule has 0 unspecified atom stereocenters. The van der Waals surface area contributed by atoms with Crippen molar-refractivity contribution in [2.75, 3.05) is 13.6 Å². The van der Waals surface area contributed by atoms with Gasteiger partial charge in [-0.3, -0.25) is 4.79 Å². The smallest absolute Gasteiger partial charge is 0.253 e. The Kier molecular flexibility index (Phi) is 4.07. The number of nitriles is 1. The zero-order valence-corrected chi connectivity index (χ0v) is 9.95. The highest BCUT2D eigenvalue weighted by Crippen LogP contribution is 2.12. The second-order valence-corrected chi connectivity index (χ2v) is 3.95. The van der Waals surface area contributed by atoms with Gasteiger partial charge in [-0.2, -0.15) is 5.26 Å². The fourth-order valence-electron chi connectivity index (χ4n) is 1.49. The van der Waals surface area contributed by atoms with Gasteiger partial charge < -0.3 is 4.90 Å². The highest BCUT2D eigenvalue weighted by Gasteiger charge is 2.13. The minimum atomic E-state index is -0.0172. The van der Waals surface area contributed by atoms with Gasteiger partial charge in [0.1, 0.15) is 0 Å². The first-order valence-corrected chi connectivity index (χ1v) is 5.26. The molecule has 0 N–H and O–H groups in total. The molecule has 3 heteroatoms. The van der Waals surface area contributed by atoms with E-state index < -0.39 is 0 Å². The molecule has 0 saturated heterocycles. The third-order valence-corrected chi connectivity index (χ3v) is 2.53. The predicted octanol–water partition coefficient (Wildman–Crippen LogP) is 2.29. The third kappa shape index (κ3) is 2.83. The van der Waals surface area contributed by atoms with Gasteiger partial charge in [0.25, 0.3) is 5.91 Å². The average molecular weight is 216 g/mol. The number of carbonyl (C=O) groups excluding carboxylic acids is 1. The van der Waals surface area contributed by atoms with E-state index in [1.165, 1.54) is 0 Å². The second-order valence-electron chi connectivity index (χ2n) is 3.95. The fraction of sp³-hybridized carbons (Fsp3) is 0.385. The van der Waals surface area contributed by atoms with Gasteiger partial charge in [0.05, 0.1) is 12.5 Å². The molecule has 16 heavy (non-hydrogen) atoms. The molecule has 0 aromatic heterocycles. The molecule has 0 bridgehead atoms. The summed E-state index contributed by atoms with van der Waals surface area (Å²) in [6.07, 6.45) is 0.368. The van der Waals surface area contributed by atoms with E-state index in [0.29, 0.717) is 13.0 Å². The molecule has 84 valence electrons. The molecular formula is C13H16N2O. The van der Waals surface area contributed by atoms with Crippen LogP contribution in [0.5, 0.6) is 0 Å². The fourth-order valence-corrected chi connectivity index (χ4v) is 1.49. The van der Waals surface area contributed by atoms with Crippen molar-refractivity contribution in [3.8, 4) is 6.07 Å². The van der Waals surface area contributed by atoms with Gasteiger partial charge in [-0.15, -0.1) is 0 Å². The van der Waals surface area contributed by atoms with Crippen LogP contribution >= 0.6 is 0 Å². The Morgan fingerprint density at radius 2 is 2.12 bits per heavy atom. The number of hydrogen-bond donors (Lipinski definition) is 0. The van der Waals surface area contributed by atoms with Gasteiger partial charge in [0.2, 0.25) is 0 Å². The molecule has 0 aliphatic carbocycles. The molecule has 0 aliphatic rings. The number of carbonyl (C=O) groups is 1. The number of hydrogen-bond acceptors (Lipinski definition) is 2. The van der Waals surface area contributed by atoms with Crippen LogP contribution in [0, 0.1) is 25.2 Å². The molecule has 0 heterocycles. The van der Waals surface area contributed by atoms with Gasteiger partial charge in [0.15, 0.2) is 0 Å². The summed E-state index contributed by atoms with van der Waals surface area (Å²) in [4.78, 5) is 13.6. The lowest BCUT2D eigenvalue weighted by molar-refractivity contribution is 0.0797. The van der Waals surface area contributed by atoms with Gasteiger partial charge in [-0.05, 0) is 25.5 Å². The Hall–Kier alpha value is -1.82. The molecule has 1 amide bonds. The maximum absolute atomic E-state index is 12.0. The normalized spacial score (nSPS) is 9.62. The molecule has 0 atom stereocenters. The van der Waals surface area contributed by atoms with E-state index in [1.54, 1.807) is 11.9 Å². The standard InChI is InChI=1S/C13H16N2O/c1-10-5-6-11(2)12(9-10)13(16)15(3)8-4-7-14/h5-6,9H,4,8H2,1-3H3. The van der Waals surface area contributed by atoms with Crippen LogP contribution in [0.1, 0.15) is 27.9 Å². The van der Waals surface area contributed by atoms with E-state index in [0.717, 1.165) is 16.7 Å². The minimum Gasteiger partial charge on any atom is -0.341 e. The quantitative estimate of drug-likeness (QED) is 0.778. The molecule has 3 nitrogen and oxygen atoms in total. The SMILES string of the molecule is Cc1ccc(C)c(C(=O)N(C)CCC#N)c1. The third-order valence-electron chi connectivity index (χ3n) is 2.53. The van der Waals surface area contributed by atoms with Crippen molar-refractivity contribution in [1.29, 1.82) is 5.26 Å². The molecule has 1 aromatic carbocycles. The van der Waals surface area contributed by atoms with Crippen LogP contribution in [0.4, 0.5) is 0 Å². The zero-order valence-electron chi connectivity index (χ0n) is 9.95. The summed E-state index contributed by atoms with van der Waals surface area (Å²) in [6, 6.07) is 7.86. The van der Waals surface area contributed by atoms with Crippen LogP contribution in [0.3, 0.4) is 0 Å². The first-order chi connectivity index (χ1) is 7.56. The van der Waals surface area contributed by atoms with Crippen LogP contribution in [-0.2, 0) is 0 Å². The molecule has 1 rings (SSSR count). The monoisotopic (exact) mass is 216 g/mol. The lowest BCUT2D eigenvalue weighted by atomic mass is 10.0. The van der Waals surface area contributed by atoms with Crippen molar-refractivity contribution < 1.29 is 4.79 Å². The maximum atomic E-state index is 12.0. The summed E-state index contributed by atoms with van der Waals surface area (Å²) in [6.45, 7) is 4.36. The first-order valence-electron chi connectivity index (χ1n) is 5.26. The van der Waals surface area contributed by atoms with Gasteiger partial charge in [-0.1, -0.05) is 17.7 Å². The average Bonchev–Trinajstić information content (AvgIpc) is 2.28. The number of nitrogens with zero attached hydrogens (tertiary/aromatic N) is 2. The lowest BCUT2D eigenvalue weighted by Gasteiger charge is -2.17. The molecule has 0 saturated carbocycles. The van der Waals surface area contributed by atoms with Crippen molar-refractivity contribution >= 4 is 5.91 Å². The van der Waals surface area contributed by atoms with Gasteiger partial charge in [0, 0.05) is 19.2 Å². The summed E-state index contributed by atoms with van der Waals surface area (Å²) in [5.74, 6) is -0.0172. The van der Waals surface area contributed by atoms with E-state index >= 15 is 0 Å². The largest absolute Gasteiger partial charge is 0.341 e. The highest BCUT2D eigenvalue weighted by molar-refractivity contribution is 5.95. The summed E-state index contributed by atoms with van der Waals surface area (Å²) >= 11 is 0. The van der Waals surface area contributed by atoms with E-state index in [9.17, 15) is 4.79 Å². The number of amides is 1. The second kappa shape index (κ2) is 5.32. The first kappa shape index (κ1) is 12.3. The molecule has 0 aliphatic heterocycles. The van der Waals surface area contributed by atoms with Crippen LogP contribution in [0.25, 0.3) is 0 Å².